The van der Waals surface area contributed by atoms with E-state index >= 15 is 0 Å². The van der Waals surface area contributed by atoms with E-state index in [1.807, 2.05) is 0 Å². The Morgan fingerprint density at radius 2 is 1.71 bits per heavy atom. The van der Waals surface area contributed by atoms with Crippen LogP contribution in [-0.2, 0) is 0 Å². The number of nitrogens with zero attached hydrogens (tertiary/aromatic N) is 4. The number of rotatable bonds is 5. The lowest BCUT2D eigenvalue weighted by Crippen LogP contribution is -2.38. The monoisotopic (exact) mass is 255 g/mol. The van der Waals surface area contributed by atoms with E-state index in [0.717, 1.165) is 5.75 Å². The summed E-state index contributed by atoms with van der Waals surface area (Å²) in [6.07, 6.45) is 0. The molecule has 0 fully saturated rings. The average Bonchev–Trinajstić information content (AvgIpc) is 2.15. The Labute approximate surface area is 107 Å². The molecule has 96 valence electrons. The normalized spacial score (nSPS) is 11.2. The van der Waals surface area contributed by atoms with Crippen molar-refractivity contribution < 1.29 is 0 Å². The zero-order valence-electron chi connectivity index (χ0n) is 11.1. The molecule has 0 bridgehead atoms. The van der Waals surface area contributed by atoms with Crippen molar-refractivity contribution in [2.75, 3.05) is 16.4 Å². The topological polar surface area (TPSA) is 67.9 Å². The SMILES string of the molecule is CCSc1nc(N)nc(N(C(C)C)C(C)C)n1. The maximum Gasteiger partial charge on any atom is 0.231 e. The molecule has 0 saturated carbocycles. The van der Waals surface area contributed by atoms with Crippen LogP contribution >= 0.6 is 11.8 Å². The fourth-order valence-corrected chi connectivity index (χ4v) is 2.29. The van der Waals surface area contributed by atoms with Crippen LogP contribution in [-0.4, -0.2) is 32.8 Å². The van der Waals surface area contributed by atoms with E-state index in [1.54, 1.807) is 11.8 Å². The molecule has 0 aromatic carbocycles. The largest absolute Gasteiger partial charge is 0.368 e. The highest BCUT2D eigenvalue weighted by Gasteiger charge is 2.18. The molecule has 17 heavy (non-hydrogen) atoms. The summed E-state index contributed by atoms with van der Waals surface area (Å²) < 4.78 is 0. The van der Waals surface area contributed by atoms with Crippen LogP contribution in [0.25, 0.3) is 0 Å². The maximum atomic E-state index is 5.73. The summed E-state index contributed by atoms with van der Waals surface area (Å²) in [7, 11) is 0. The number of hydrogen-bond donors (Lipinski definition) is 1. The van der Waals surface area contributed by atoms with Crippen molar-refractivity contribution in [3.8, 4) is 0 Å². The van der Waals surface area contributed by atoms with Gasteiger partial charge in [-0.2, -0.15) is 15.0 Å². The number of thioether (sulfide) groups is 1. The lowest BCUT2D eigenvalue weighted by Gasteiger charge is -2.30. The molecule has 0 saturated heterocycles. The van der Waals surface area contributed by atoms with Crippen LogP contribution in [0, 0.1) is 0 Å². The molecule has 0 atom stereocenters. The fourth-order valence-electron chi connectivity index (χ4n) is 1.73. The highest BCUT2D eigenvalue weighted by molar-refractivity contribution is 7.99. The number of hydrogen-bond acceptors (Lipinski definition) is 6. The van der Waals surface area contributed by atoms with Gasteiger partial charge in [-0.15, -0.1) is 0 Å². The molecule has 5 nitrogen and oxygen atoms in total. The van der Waals surface area contributed by atoms with E-state index in [2.05, 4.69) is 54.5 Å². The Hall–Kier alpha value is -1.04. The van der Waals surface area contributed by atoms with Gasteiger partial charge in [0.2, 0.25) is 11.9 Å². The molecule has 0 aliphatic carbocycles. The first-order valence-electron chi connectivity index (χ1n) is 5.88. The van der Waals surface area contributed by atoms with Crippen molar-refractivity contribution >= 4 is 23.7 Å². The van der Waals surface area contributed by atoms with Gasteiger partial charge < -0.3 is 10.6 Å². The Kier molecular flexibility index (Phi) is 4.99. The minimum Gasteiger partial charge on any atom is -0.368 e. The van der Waals surface area contributed by atoms with Gasteiger partial charge in [0, 0.05) is 12.1 Å². The summed E-state index contributed by atoms with van der Waals surface area (Å²) in [6, 6.07) is 0.660. The molecule has 1 rings (SSSR count). The minimum atomic E-state index is 0.289. The molecule has 0 unspecified atom stereocenters. The van der Waals surface area contributed by atoms with E-state index in [0.29, 0.717) is 23.2 Å². The molecule has 0 spiro atoms. The lowest BCUT2D eigenvalue weighted by molar-refractivity contribution is 0.585. The second kappa shape index (κ2) is 6.05. The molecule has 0 radical (unpaired) electrons. The summed E-state index contributed by atoms with van der Waals surface area (Å²) in [5, 5.41) is 0.696. The summed E-state index contributed by atoms with van der Waals surface area (Å²) >= 11 is 1.58. The number of aromatic nitrogens is 3. The van der Waals surface area contributed by atoms with E-state index in [-0.39, 0.29) is 5.95 Å². The van der Waals surface area contributed by atoms with Crippen molar-refractivity contribution in [3.63, 3.8) is 0 Å². The molecule has 0 aliphatic heterocycles. The predicted molar refractivity (Wildman–Crippen MR) is 73.4 cm³/mol. The van der Waals surface area contributed by atoms with Gasteiger partial charge in [0.25, 0.3) is 0 Å². The third-order valence-electron chi connectivity index (χ3n) is 2.24. The summed E-state index contributed by atoms with van der Waals surface area (Å²) in [4.78, 5) is 14.9. The second-order valence-corrected chi connectivity index (χ2v) is 5.54. The molecular weight excluding hydrogens is 234 g/mol. The summed E-state index contributed by atoms with van der Waals surface area (Å²) in [6.45, 7) is 10.5. The molecule has 0 amide bonds. The second-order valence-electron chi connectivity index (χ2n) is 4.30. The first-order valence-corrected chi connectivity index (χ1v) is 6.87. The fraction of sp³-hybridized carbons (Fsp3) is 0.727. The van der Waals surface area contributed by atoms with Crippen molar-refractivity contribution in [1.29, 1.82) is 0 Å². The van der Waals surface area contributed by atoms with E-state index in [4.69, 9.17) is 5.73 Å². The predicted octanol–water partition coefficient (Wildman–Crippen LogP) is 2.19. The third-order valence-corrected chi connectivity index (χ3v) is 2.97. The zero-order valence-corrected chi connectivity index (χ0v) is 12.0. The van der Waals surface area contributed by atoms with E-state index in [1.165, 1.54) is 0 Å². The quantitative estimate of drug-likeness (QED) is 0.813. The Bertz CT molecular complexity index is 359. The Morgan fingerprint density at radius 3 is 2.18 bits per heavy atom. The maximum absolute atomic E-state index is 5.73. The average molecular weight is 255 g/mol. The van der Waals surface area contributed by atoms with Crippen molar-refractivity contribution in [3.05, 3.63) is 0 Å². The molecular formula is C11H21N5S. The van der Waals surface area contributed by atoms with Crippen LogP contribution in [0.2, 0.25) is 0 Å². The summed E-state index contributed by atoms with van der Waals surface area (Å²) in [5.41, 5.74) is 5.73. The van der Waals surface area contributed by atoms with Crippen LogP contribution in [0.5, 0.6) is 0 Å². The Balaban J connectivity index is 3.10. The van der Waals surface area contributed by atoms with Gasteiger partial charge in [-0.05, 0) is 33.4 Å². The van der Waals surface area contributed by atoms with Crippen molar-refractivity contribution in [2.24, 2.45) is 0 Å². The highest BCUT2D eigenvalue weighted by Crippen LogP contribution is 2.20. The Morgan fingerprint density at radius 1 is 1.12 bits per heavy atom. The smallest absolute Gasteiger partial charge is 0.231 e. The molecule has 1 heterocycles. The third kappa shape index (κ3) is 3.73. The molecule has 2 N–H and O–H groups in total. The van der Waals surface area contributed by atoms with Gasteiger partial charge in [0.15, 0.2) is 5.16 Å². The van der Waals surface area contributed by atoms with E-state index in [9.17, 15) is 0 Å². The lowest BCUT2D eigenvalue weighted by atomic mass is 10.2. The first-order chi connectivity index (χ1) is 7.95. The van der Waals surface area contributed by atoms with Crippen LogP contribution in [0.4, 0.5) is 11.9 Å². The zero-order chi connectivity index (χ0) is 13.0. The van der Waals surface area contributed by atoms with Crippen LogP contribution < -0.4 is 10.6 Å². The standard InChI is InChI=1S/C11H21N5S/c1-6-17-11-14-9(12)13-10(15-11)16(7(2)3)8(4)5/h7-8H,6H2,1-5H3,(H2,12,13,14,15). The van der Waals surface area contributed by atoms with Gasteiger partial charge in [-0.1, -0.05) is 18.7 Å². The van der Waals surface area contributed by atoms with Gasteiger partial charge in [0.05, 0.1) is 0 Å². The van der Waals surface area contributed by atoms with Crippen LogP contribution in [0.1, 0.15) is 34.6 Å². The van der Waals surface area contributed by atoms with Gasteiger partial charge in [0.1, 0.15) is 0 Å². The summed E-state index contributed by atoms with van der Waals surface area (Å²) in [5.74, 6) is 1.88. The van der Waals surface area contributed by atoms with Crippen molar-refractivity contribution in [2.45, 2.75) is 51.9 Å². The minimum absolute atomic E-state index is 0.289. The molecule has 6 heteroatoms. The van der Waals surface area contributed by atoms with Crippen LogP contribution in [0.15, 0.2) is 5.16 Å². The molecule has 1 aromatic heterocycles. The van der Waals surface area contributed by atoms with Gasteiger partial charge in [-0.3, -0.25) is 0 Å². The highest BCUT2D eigenvalue weighted by atomic mass is 32.2. The molecule has 1 aromatic rings. The van der Waals surface area contributed by atoms with Gasteiger partial charge in [-0.25, -0.2) is 0 Å². The number of anilines is 2. The van der Waals surface area contributed by atoms with E-state index < -0.39 is 0 Å². The molecule has 0 aliphatic rings. The van der Waals surface area contributed by atoms with Crippen LogP contribution in [0.3, 0.4) is 0 Å². The van der Waals surface area contributed by atoms with Crippen molar-refractivity contribution in [1.82, 2.24) is 15.0 Å². The van der Waals surface area contributed by atoms with Gasteiger partial charge >= 0.3 is 0 Å². The number of nitrogen functional groups attached to an aromatic ring is 1. The number of nitrogens with two attached hydrogens (primary N) is 1. The first kappa shape index (κ1) is 14.0.